The summed E-state index contributed by atoms with van der Waals surface area (Å²) in [6.45, 7) is 5.71. The van der Waals surface area contributed by atoms with Crippen LogP contribution in [0.15, 0.2) is 29.2 Å². The van der Waals surface area contributed by atoms with Crippen LogP contribution in [0, 0.1) is 0 Å². The fraction of sp³-hybridized carbons (Fsp3) is 0.619. The number of hydrogen-bond donors (Lipinski definition) is 1. The Morgan fingerprint density at radius 2 is 1.77 bits per heavy atom. The summed E-state index contributed by atoms with van der Waals surface area (Å²) in [7, 11) is -3.76. The summed E-state index contributed by atoms with van der Waals surface area (Å²) >= 11 is 5.95. The highest BCUT2D eigenvalue weighted by molar-refractivity contribution is 7.89. The van der Waals surface area contributed by atoms with E-state index >= 15 is 0 Å². The smallest absolute Gasteiger partial charge is 0.242 e. The van der Waals surface area contributed by atoms with Crippen molar-refractivity contribution < 1.29 is 18.0 Å². The highest BCUT2D eigenvalue weighted by Crippen LogP contribution is 2.20. The maximum atomic E-state index is 12.6. The molecule has 0 aromatic heterocycles. The Balaban J connectivity index is 1.40. The minimum atomic E-state index is -3.76. The Morgan fingerprint density at radius 1 is 1.06 bits per heavy atom. The van der Waals surface area contributed by atoms with Gasteiger partial charge in [-0.3, -0.25) is 14.5 Å². The SMILES string of the molecule is CC1CCCCN1C(=O)CN1CCN(C(=O)CCNS(=O)(=O)c2ccccc2Cl)CC1. The third-order valence-corrected chi connectivity index (χ3v) is 7.93. The third kappa shape index (κ3) is 6.41. The molecule has 2 aliphatic rings. The number of sulfonamides is 1. The maximum absolute atomic E-state index is 12.6. The summed E-state index contributed by atoms with van der Waals surface area (Å²) in [5.74, 6) is 0.0680. The average molecular weight is 471 g/mol. The molecule has 2 aliphatic heterocycles. The Hall–Kier alpha value is -1.68. The number of piperazine rings is 1. The molecule has 0 saturated carbocycles. The van der Waals surface area contributed by atoms with Gasteiger partial charge in [0.1, 0.15) is 4.90 Å². The normalized spacial score (nSPS) is 20.6. The molecule has 1 aromatic rings. The lowest BCUT2D eigenvalue weighted by Gasteiger charge is -2.38. The van der Waals surface area contributed by atoms with Crippen LogP contribution >= 0.6 is 11.6 Å². The van der Waals surface area contributed by atoms with Crippen LogP contribution in [0.5, 0.6) is 0 Å². The molecule has 8 nitrogen and oxygen atoms in total. The average Bonchev–Trinajstić information content (AvgIpc) is 2.74. The molecule has 31 heavy (non-hydrogen) atoms. The standard InChI is InChI=1S/C21H31ClN4O4S/c1-17-6-4-5-11-26(17)21(28)16-24-12-14-25(15-13-24)20(27)9-10-23-31(29,30)19-8-3-2-7-18(19)22/h2-3,7-8,17,23H,4-6,9-16H2,1H3. The Kier molecular flexibility index (Phi) is 8.32. The molecule has 3 rings (SSSR count). The first kappa shape index (κ1) is 24.0. The number of rotatable bonds is 7. The topological polar surface area (TPSA) is 90.0 Å². The van der Waals surface area contributed by atoms with Gasteiger partial charge in [-0.1, -0.05) is 23.7 Å². The van der Waals surface area contributed by atoms with Crippen LogP contribution in [0.2, 0.25) is 5.02 Å². The number of nitrogens with one attached hydrogen (secondary N) is 1. The number of carbonyl (C=O) groups excluding carboxylic acids is 2. The van der Waals surface area contributed by atoms with Gasteiger partial charge in [-0.15, -0.1) is 0 Å². The van der Waals surface area contributed by atoms with Gasteiger partial charge in [0.05, 0.1) is 11.6 Å². The van der Waals surface area contributed by atoms with Crippen LogP contribution in [0.4, 0.5) is 0 Å². The molecule has 172 valence electrons. The highest BCUT2D eigenvalue weighted by Gasteiger charge is 2.27. The predicted octanol–water partition coefficient (Wildman–Crippen LogP) is 1.55. The Bertz CT molecular complexity index is 887. The molecule has 1 atom stereocenters. The Morgan fingerprint density at radius 3 is 2.45 bits per heavy atom. The van der Waals surface area contributed by atoms with Crippen molar-refractivity contribution in [2.75, 3.05) is 45.8 Å². The second kappa shape index (κ2) is 10.8. The number of carbonyl (C=O) groups is 2. The van der Waals surface area contributed by atoms with E-state index in [0.29, 0.717) is 38.8 Å². The van der Waals surface area contributed by atoms with Gasteiger partial charge in [0.25, 0.3) is 0 Å². The van der Waals surface area contributed by atoms with Crippen molar-refractivity contribution in [3.05, 3.63) is 29.3 Å². The lowest BCUT2D eigenvalue weighted by atomic mass is 10.0. The van der Waals surface area contributed by atoms with Crippen molar-refractivity contribution >= 4 is 33.4 Å². The summed E-state index contributed by atoms with van der Waals surface area (Å²) in [5.41, 5.74) is 0. The fourth-order valence-corrected chi connectivity index (χ4v) is 5.65. The number of nitrogens with zero attached hydrogens (tertiary/aromatic N) is 3. The number of piperidine rings is 1. The maximum Gasteiger partial charge on any atom is 0.242 e. The number of halogens is 1. The lowest BCUT2D eigenvalue weighted by Crippen LogP contribution is -2.53. The number of hydrogen-bond acceptors (Lipinski definition) is 5. The molecule has 0 aliphatic carbocycles. The molecule has 2 amide bonds. The van der Waals surface area contributed by atoms with E-state index in [9.17, 15) is 18.0 Å². The molecule has 0 bridgehead atoms. The van der Waals surface area contributed by atoms with Crippen molar-refractivity contribution in [3.63, 3.8) is 0 Å². The quantitative estimate of drug-likeness (QED) is 0.653. The van der Waals surface area contributed by atoms with Crippen LogP contribution in [0.25, 0.3) is 0 Å². The van der Waals surface area contributed by atoms with Gasteiger partial charge < -0.3 is 9.80 Å². The Labute approximate surface area is 189 Å². The zero-order valence-electron chi connectivity index (χ0n) is 17.9. The van der Waals surface area contributed by atoms with Gasteiger partial charge in [-0.2, -0.15) is 0 Å². The molecule has 0 radical (unpaired) electrons. The molecular formula is C21H31ClN4O4S. The zero-order chi connectivity index (χ0) is 22.4. The summed E-state index contributed by atoms with van der Waals surface area (Å²) in [6, 6.07) is 6.50. The second-order valence-corrected chi connectivity index (χ2v) is 10.3. The van der Waals surface area contributed by atoms with Gasteiger partial charge in [-0.25, -0.2) is 13.1 Å². The molecule has 1 N–H and O–H groups in total. The molecule has 2 fully saturated rings. The van der Waals surface area contributed by atoms with Crippen LogP contribution < -0.4 is 4.72 Å². The molecule has 1 aromatic carbocycles. The van der Waals surface area contributed by atoms with Gasteiger partial charge >= 0.3 is 0 Å². The lowest BCUT2D eigenvalue weighted by molar-refractivity contribution is -0.137. The second-order valence-electron chi connectivity index (χ2n) is 8.17. The first-order chi connectivity index (χ1) is 14.8. The molecule has 2 saturated heterocycles. The van der Waals surface area contributed by atoms with Crippen LogP contribution in [-0.4, -0.2) is 86.8 Å². The van der Waals surface area contributed by atoms with Crippen LogP contribution in [0.1, 0.15) is 32.6 Å². The monoisotopic (exact) mass is 470 g/mol. The van der Waals surface area contributed by atoms with Crippen molar-refractivity contribution in [1.29, 1.82) is 0 Å². The largest absolute Gasteiger partial charge is 0.340 e. The van der Waals surface area contributed by atoms with E-state index in [1.807, 2.05) is 4.90 Å². The van der Waals surface area contributed by atoms with E-state index in [1.54, 1.807) is 17.0 Å². The predicted molar refractivity (Wildman–Crippen MR) is 119 cm³/mol. The summed E-state index contributed by atoms with van der Waals surface area (Å²) in [5, 5.41) is 0.144. The number of benzene rings is 1. The van der Waals surface area contributed by atoms with Gasteiger partial charge in [-0.05, 0) is 38.3 Å². The van der Waals surface area contributed by atoms with Crippen molar-refractivity contribution in [2.45, 2.75) is 43.5 Å². The fourth-order valence-electron chi connectivity index (χ4n) is 4.10. The van der Waals surface area contributed by atoms with E-state index in [4.69, 9.17) is 11.6 Å². The summed E-state index contributed by atoms with van der Waals surface area (Å²) < 4.78 is 27.1. The van der Waals surface area contributed by atoms with E-state index in [2.05, 4.69) is 16.5 Å². The van der Waals surface area contributed by atoms with Crippen molar-refractivity contribution in [3.8, 4) is 0 Å². The van der Waals surface area contributed by atoms with E-state index < -0.39 is 10.0 Å². The molecular weight excluding hydrogens is 440 g/mol. The summed E-state index contributed by atoms with van der Waals surface area (Å²) in [6.07, 6.45) is 3.39. The minimum Gasteiger partial charge on any atom is -0.340 e. The minimum absolute atomic E-state index is 0.00502. The molecule has 1 unspecified atom stereocenters. The first-order valence-corrected chi connectivity index (χ1v) is 12.7. The van der Waals surface area contributed by atoms with Crippen LogP contribution in [0.3, 0.4) is 0 Å². The van der Waals surface area contributed by atoms with Gasteiger partial charge in [0.2, 0.25) is 21.8 Å². The number of likely N-dealkylation sites (tertiary alicyclic amines) is 1. The van der Waals surface area contributed by atoms with Gasteiger partial charge in [0.15, 0.2) is 0 Å². The van der Waals surface area contributed by atoms with E-state index in [1.165, 1.54) is 18.6 Å². The van der Waals surface area contributed by atoms with Crippen molar-refractivity contribution in [2.24, 2.45) is 0 Å². The van der Waals surface area contributed by atoms with Gasteiger partial charge in [0, 0.05) is 51.7 Å². The number of amides is 2. The molecule has 0 spiro atoms. The highest BCUT2D eigenvalue weighted by atomic mass is 35.5. The summed E-state index contributed by atoms with van der Waals surface area (Å²) in [4.78, 5) is 30.9. The molecule has 10 heteroatoms. The van der Waals surface area contributed by atoms with E-state index in [-0.39, 0.29) is 34.7 Å². The zero-order valence-corrected chi connectivity index (χ0v) is 19.5. The van der Waals surface area contributed by atoms with Crippen LogP contribution in [-0.2, 0) is 19.6 Å². The van der Waals surface area contributed by atoms with E-state index in [0.717, 1.165) is 19.4 Å². The first-order valence-electron chi connectivity index (χ1n) is 10.8. The molecule has 2 heterocycles. The third-order valence-electron chi connectivity index (χ3n) is 5.96. The van der Waals surface area contributed by atoms with Crippen molar-refractivity contribution in [1.82, 2.24) is 19.4 Å².